The highest BCUT2D eigenvalue weighted by atomic mass is 32.1. The second-order valence-corrected chi connectivity index (χ2v) is 5.33. The lowest BCUT2D eigenvalue weighted by Gasteiger charge is -2.19. The summed E-state index contributed by atoms with van der Waals surface area (Å²) in [6.45, 7) is 5.12. The maximum absolute atomic E-state index is 8.74. The van der Waals surface area contributed by atoms with E-state index in [1.165, 1.54) is 11.5 Å². The van der Waals surface area contributed by atoms with Gasteiger partial charge in [0.1, 0.15) is 0 Å². The number of nitrogen functional groups attached to an aromatic ring is 1. The Bertz CT molecular complexity index is 355. The van der Waals surface area contributed by atoms with Crippen LogP contribution in [0.4, 0.5) is 10.8 Å². The summed E-state index contributed by atoms with van der Waals surface area (Å²) in [6, 6.07) is 0. The molecule has 0 amide bonds. The first-order valence-corrected chi connectivity index (χ1v) is 7.07. The van der Waals surface area contributed by atoms with Gasteiger partial charge in [-0.1, -0.05) is 0 Å². The molecule has 18 heavy (non-hydrogen) atoms. The van der Waals surface area contributed by atoms with Crippen molar-refractivity contribution in [3.05, 3.63) is 0 Å². The Kier molecular flexibility index (Phi) is 6.21. The molecule has 0 aromatic carbocycles. The third kappa shape index (κ3) is 4.34. The molecule has 0 atom stereocenters. The Labute approximate surface area is 113 Å². The van der Waals surface area contributed by atoms with E-state index in [9.17, 15) is 0 Å². The van der Waals surface area contributed by atoms with Crippen LogP contribution in [0, 0.1) is 0 Å². The van der Waals surface area contributed by atoms with E-state index in [-0.39, 0.29) is 12.7 Å². The van der Waals surface area contributed by atoms with Crippen LogP contribution in [0.15, 0.2) is 0 Å². The lowest BCUT2D eigenvalue weighted by atomic mass is 10.2. The van der Waals surface area contributed by atoms with Gasteiger partial charge < -0.3 is 20.5 Å². The number of ether oxygens (including phenoxy) is 1. The highest BCUT2D eigenvalue weighted by molar-refractivity contribution is 7.11. The molecule has 0 bridgehead atoms. The molecule has 5 nitrogen and oxygen atoms in total. The number of hydrogen-bond donors (Lipinski definition) is 2. The van der Waals surface area contributed by atoms with E-state index >= 15 is 0 Å². The maximum atomic E-state index is 8.74. The predicted octanol–water partition coefficient (Wildman–Crippen LogP) is 2.11. The Balaban J connectivity index is 2.58. The summed E-state index contributed by atoms with van der Waals surface area (Å²) in [5.74, 6) is 1.16. The van der Waals surface area contributed by atoms with Gasteiger partial charge in [-0.2, -0.15) is 4.37 Å². The molecule has 0 saturated carbocycles. The van der Waals surface area contributed by atoms with Gasteiger partial charge in [0.15, 0.2) is 16.6 Å². The number of aromatic nitrogens is 1. The zero-order chi connectivity index (χ0) is 13.5. The van der Waals surface area contributed by atoms with Crippen LogP contribution in [0.25, 0.3) is 0 Å². The lowest BCUT2D eigenvalue weighted by Crippen LogP contribution is -2.19. The summed E-state index contributed by atoms with van der Waals surface area (Å²) in [5, 5.41) is 9.71. The minimum Gasteiger partial charge on any atom is -0.484 e. The monoisotopic (exact) mass is 273 g/mol. The SMILES string of the molecule is CC(C)Oc1c(N)nsc1N(C)CCCCCO. The molecule has 0 fully saturated rings. The van der Waals surface area contributed by atoms with Crippen LogP contribution in [-0.4, -0.2) is 35.8 Å². The Hall–Kier alpha value is -1.01. The molecule has 0 spiro atoms. The molecule has 3 N–H and O–H groups in total. The van der Waals surface area contributed by atoms with Crippen LogP contribution in [0.3, 0.4) is 0 Å². The molecule has 0 aliphatic heterocycles. The summed E-state index contributed by atoms with van der Waals surface area (Å²) in [7, 11) is 2.01. The standard InChI is InChI=1S/C12H23N3O2S/c1-9(2)17-10-11(13)14-18-12(10)15(3)7-5-4-6-8-16/h9,16H,4-8H2,1-3H3,(H2,13,14). The molecule has 0 radical (unpaired) electrons. The molecular weight excluding hydrogens is 250 g/mol. The summed E-state index contributed by atoms with van der Waals surface area (Å²) in [6.07, 6.45) is 3.00. The topological polar surface area (TPSA) is 71.6 Å². The quantitative estimate of drug-likeness (QED) is 0.710. The van der Waals surface area contributed by atoms with E-state index < -0.39 is 0 Å². The Morgan fingerprint density at radius 2 is 2.11 bits per heavy atom. The van der Waals surface area contributed by atoms with Crippen molar-refractivity contribution in [2.45, 2.75) is 39.2 Å². The van der Waals surface area contributed by atoms with Crippen molar-refractivity contribution in [2.75, 3.05) is 30.8 Å². The molecule has 0 aliphatic rings. The fraction of sp³-hybridized carbons (Fsp3) is 0.750. The molecule has 1 aromatic heterocycles. The molecule has 0 saturated heterocycles. The van der Waals surface area contributed by atoms with Crippen molar-refractivity contribution in [3.63, 3.8) is 0 Å². The van der Waals surface area contributed by atoms with Crippen molar-refractivity contribution < 1.29 is 9.84 Å². The highest BCUT2D eigenvalue weighted by Crippen LogP contribution is 2.38. The molecule has 0 aliphatic carbocycles. The van der Waals surface area contributed by atoms with Gasteiger partial charge in [-0.15, -0.1) is 0 Å². The average Bonchev–Trinajstić information content (AvgIpc) is 2.66. The maximum Gasteiger partial charge on any atom is 0.198 e. The summed E-state index contributed by atoms with van der Waals surface area (Å²) in [5.41, 5.74) is 5.82. The van der Waals surface area contributed by atoms with Gasteiger partial charge in [-0.3, -0.25) is 0 Å². The number of anilines is 2. The van der Waals surface area contributed by atoms with Crippen molar-refractivity contribution in [2.24, 2.45) is 0 Å². The van der Waals surface area contributed by atoms with E-state index in [4.69, 9.17) is 15.6 Å². The fourth-order valence-electron chi connectivity index (χ4n) is 1.61. The predicted molar refractivity (Wildman–Crippen MR) is 76.5 cm³/mol. The van der Waals surface area contributed by atoms with Crippen LogP contribution >= 0.6 is 11.5 Å². The Morgan fingerprint density at radius 1 is 1.39 bits per heavy atom. The van der Waals surface area contributed by atoms with E-state index in [0.29, 0.717) is 11.6 Å². The number of rotatable bonds is 8. The number of aliphatic hydroxyl groups excluding tert-OH is 1. The highest BCUT2D eigenvalue weighted by Gasteiger charge is 2.17. The number of nitrogens with zero attached hydrogens (tertiary/aromatic N) is 2. The van der Waals surface area contributed by atoms with Gasteiger partial charge in [0, 0.05) is 20.2 Å². The summed E-state index contributed by atoms with van der Waals surface area (Å²) >= 11 is 1.37. The first-order valence-electron chi connectivity index (χ1n) is 6.30. The molecule has 1 rings (SSSR count). The number of unbranched alkanes of at least 4 members (excludes halogenated alkanes) is 2. The summed E-state index contributed by atoms with van der Waals surface area (Å²) in [4.78, 5) is 2.11. The van der Waals surface area contributed by atoms with Crippen LogP contribution in [0.5, 0.6) is 5.75 Å². The van der Waals surface area contributed by atoms with Gasteiger partial charge in [-0.05, 0) is 44.6 Å². The second kappa shape index (κ2) is 7.43. The molecule has 0 unspecified atom stereocenters. The minimum absolute atomic E-state index is 0.0882. The van der Waals surface area contributed by atoms with E-state index in [1.54, 1.807) is 0 Å². The van der Waals surface area contributed by atoms with E-state index in [2.05, 4.69) is 9.27 Å². The zero-order valence-corrected chi connectivity index (χ0v) is 12.2. The number of nitrogens with two attached hydrogens (primary N) is 1. The molecular formula is C12H23N3O2S. The first-order chi connectivity index (χ1) is 8.56. The number of aliphatic hydroxyl groups is 1. The van der Waals surface area contributed by atoms with Gasteiger partial charge >= 0.3 is 0 Å². The van der Waals surface area contributed by atoms with Crippen molar-refractivity contribution in [1.82, 2.24) is 4.37 Å². The fourth-order valence-corrected chi connectivity index (χ4v) is 2.35. The smallest absolute Gasteiger partial charge is 0.198 e. The second-order valence-electron chi connectivity index (χ2n) is 4.57. The van der Waals surface area contributed by atoms with Crippen molar-refractivity contribution in [3.8, 4) is 5.75 Å². The van der Waals surface area contributed by atoms with Gasteiger partial charge in [0.25, 0.3) is 0 Å². The van der Waals surface area contributed by atoms with E-state index in [0.717, 1.165) is 30.8 Å². The van der Waals surface area contributed by atoms with Crippen LogP contribution in [-0.2, 0) is 0 Å². The normalized spacial score (nSPS) is 10.9. The Morgan fingerprint density at radius 3 is 2.72 bits per heavy atom. The largest absolute Gasteiger partial charge is 0.484 e. The molecule has 1 aromatic rings. The third-order valence-corrected chi connectivity index (χ3v) is 3.47. The van der Waals surface area contributed by atoms with Crippen LogP contribution in [0.1, 0.15) is 33.1 Å². The van der Waals surface area contributed by atoms with Gasteiger partial charge in [0.05, 0.1) is 6.10 Å². The third-order valence-electron chi connectivity index (χ3n) is 2.51. The van der Waals surface area contributed by atoms with Crippen LogP contribution < -0.4 is 15.4 Å². The summed E-state index contributed by atoms with van der Waals surface area (Å²) < 4.78 is 9.85. The van der Waals surface area contributed by atoms with Crippen molar-refractivity contribution >= 4 is 22.4 Å². The van der Waals surface area contributed by atoms with Gasteiger partial charge in [-0.25, -0.2) is 0 Å². The van der Waals surface area contributed by atoms with Crippen LogP contribution in [0.2, 0.25) is 0 Å². The first kappa shape index (κ1) is 15.0. The molecule has 6 heteroatoms. The lowest BCUT2D eigenvalue weighted by molar-refractivity contribution is 0.245. The average molecular weight is 273 g/mol. The molecule has 1 heterocycles. The van der Waals surface area contributed by atoms with E-state index in [1.807, 2.05) is 20.9 Å². The van der Waals surface area contributed by atoms with Crippen molar-refractivity contribution in [1.29, 1.82) is 0 Å². The van der Waals surface area contributed by atoms with Gasteiger partial charge in [0.2, 0.25) is 0 Å². The molecule has 104 valence electrons. The minimum atomic E-state index is 0.0882. The zero-order valence-electron chi connectivity index (χ0n) is 11.3. The number of hydrogen-bond acceptors (Lipinski definition) is 6.